The van der Waals surface area contributed by atoms with Gasteiger partial charge in [0, 0.05) is 6.42 Å². The van der Waals surface area contributed by atoms with Crippen LogP contribution in [0.15, 0.2) is 48.6 Å². The summed E-state index contributed by atoms with van der Waals surface area (Å²) in [6.45, 7) is 1.68. The van der Waals surface area contributed by atoms with Gasteiger partial charge in [0.05, 0.1) is 38.6 Å². The monoisotopic (exact) mass is 1170 g/mol. The average molecular weight is 1170 g/mol. The first-order valence-electron chi connectivity index (χ1n) is 31.9. The minimum atomic E-state index is -1.98. The number of rotatable bonds is 47. The summed E-state index contributed by atoms with van der Waals surface area (Å²) in [7, 11) is 0. The van der Waals surface area contributed by atoms with Gasteiger partial charge in [-0.2, -0.15) is 0 Å². The highest BCUT2D eigenvalue weighted by Gasteiger charge is 2.53. The van der Waals surface area contributed by atoms with Crippen molar-refractivity contribution < 1.29 is 89.4 Å². The first-order chi connectivity index (χ1) is 39.8. The van der Waals surface area contributed by atoms with E-state index in [1.54, 1.807) is 6.08 Å². The number of ether oxygens (including phenoxy) is 6. The van der Waals surface area contributed by atoms with Gasteiger partial charge in [-0.15, -0.1) is 0 Å². The molecule has 3 heterocycles. The van der Waals surface area contributed by atoms with E-state index in [1.807, 2.05) is 6.08 Å². The number of allylic oxidation sites excluding steroid dienone is 7. The van der Waals surface area contributed by atoms with Gasteiger partial charge in [-0.1, -0.05) is 191 Å². The zero-order valence-corrected chi connectivity index (χ0v) is 50.0. The van der Waals surface area contributed by atoms with E-state index in [9.17, 15) is 61.0 Å². The SMILES string of the molecule is CCCCC/C=C\C/C=C\CCCCCCCCCCCC(=O)NC(COC1OC(CO)C(OC2OC(CO)C(OC3OC(CO)C(O)C(O)C3O)C(O)C2O)C(O)C1O)C(O)/C=C/CC/C=C/CCCCCCCCCCCCCC. The largest absolute Gasteiger partial charge is 0.394 e. The van der Waals surface area contributed by atoms with Crippen molar-refractivity contribution in [2.45, 2.75) is 317 Å². The van der Waals surface area contributed by atoms with Crippen LogP contribution in [0.2, 0.25) is 0 Å². The number of aliphatic hydroxyl groups excluding tert-OH is 11. The summed E-state index contributed by atoms with van der Waals surface area (Å²) >= 11 is 0. The van der Waals surface area contributed by atoms with Crippen molar-refractivity contribution in [1.29, 1.82) is 0 Å². The Hall–Kier alpha value is -2.25. The van der Waals surface area contributed by atoms with E-state index >= 15 is 0 Å². The lowest BCUT2D eigenvalue weighted by atomic mass is 9.96. The first-order valence-corrected chi connectivity index (χ1v) is 31.9. The fourth-order valence-electron chi connectivity index (χ4n) is 10.6. The number of hydrogen-bond acceptors (Lipinski definition) is 18. The summed E-state index contributed by atoms with van der Waals surface area (Å²) in [5.41, 5.74) is 0. The van der Waals surface area contributed by atoms with Crippen molar-refractivity contribution in [1.82, 2.24) is 5.32 Å². The molecule has 0 saturated carbocycles. The molecule has 0 aromatic carbocycles. The molecule has 12 N–H and O–H groups in total. The number of amides is 1. The number of unbranched alkanes of at least 4 members (excludes halogenated alkanes) is 25. The first kappa shape index (κ1) is 74.0. The number of hydrogen-bond donors (Lipinski definition) is 12. The molecule has 19 nitrogen and oxygen atoms in total. The Labute approximate surface area is 491 Å². The lowest BCUT2D eigenvalue weighted by molar-refractivity contribution is -0.379. The van der Waals surface area contributed by atoms with Crippen LogP contribution in [0.25, 0.3) is 0 Å². The maximum atomic E-state index is 13.4. The van der Waals surface area contributed by atoms with Crippen LogP contribution in [0.1, 0.15) is 213 Å². The summed E-state index contributed by atoms with van der Waals surface area (Å²) in [6.07, 6.45) is 25.1. The van der Waals surface area contributed by atoms with Gasteiger partial charge in [-0.3, -0.25) is 4.79 Å². The molecule has 3 saturated heterocycles. The van der Waals surface area contributed by atoms with Crippen LogP contribution in [0.3, 0.4) is 0 Å². The van der Waals surface area contributed by atoms with Gasteiger partial charge in [0.2, 0.25) is 5.91 Å². The summed E-state index contributed by atoms with van der Waals surface area (Å²) in [5.74, 6) is -0.291. The molecule has 1 amide bonds. The van der Waals surface area contributed by atoms with Gasteiger partial charge >= 0.3 is 0 Å². The van der Waals surface area contributed by atoms with Crippen LogP contribution >= 0.6 is 0 Å². The lowest BCUT2D eigenvalue weighted by Crippen LogP contribution is -2.66. The van der Waals surface area contributed by atoms with Crippen LogP contribution in [0.5, 0.6) is 0 Å². The second-order valence-corrected chi connectivity index (χ2v) is 22.9. The molecule has 3 rings (SSSR count). The zero-order valence-electron chi connectivity index (χ0n) is 50.0. The molecular formula is C63H113NO18. The number of nitrogens with one attached hydrogen (secondary N) is 1. The summed E-state index contributed by atoms with van der Waals surface area (Å²) in [6, 6.07) is -0.993. The van der Waals surface area contributed by atoms with Crippen molar-refractivity contribution in [2.24, 2.45) is 0 Å². The standard InChI is InChI=1S/C63H113NO18/c1-3-5-7-9-11-13-15-17-19-21-23-25-27-29-31-33-35-37-39-41-51(69)64-46(47(68)40-38-36-34-32-30-28-26-24-22-20-18-16-14-12-10-8-6-4-2)45-77-61-57(75)54(72)59(49(43-66)79-61)82-63-58(76)55(73)60(50(44-67)80-63)81-62-56(74)53(71)52(70)48(42-65)78-62/h11,13,17,19,30,32,38,40,46-50,52-63,65-68,70-76H,3-10,12,14-16,18,20-29,31,33-37,39,41-45H2,1-2H3,(H,64,69)/b13-11-,19-17-,32-30+,40-38+. The predicted molar refractivity (Wildman–Crippen MR) is 314 cm³/mol. The Morgan fingerprint density at radius 1 is 0.439 bits per heavy atom. The molecule has 82 heavy (non-hydrogen) atoms. The fraction of sp³-hybridized carbons (Fsp3) is 0.857. The molecule has 17 atom stereocenters. The third kappa shape index (κ3) is 29.0. The molecule has 478 valence electrons. The predicted octanol–water partition coefficient (Wildman–Crippen LogP) is 6.65. The van der Waals surface area contributed by atoms with E-state index in [0.29, 0.717) is 12.8 Å². The topological polar surface area (TPSA) is 307 Å². The summed E-state index contributed by atoms with van der Waals surface area (Å²) in [4.78, 5) is 13.4. The van der Waals surface area contributed by atoms with E-state index in [4.69, 9.17) is 28.4 Å². The number of aliphatic hydroxyl groups is 11. The Kier molecular flexibility index (Phi) is 41.5. The van der Waals surface area contributed by atoms with Gasteiger partial charge in [0.1, 0.15) is 73.2 Å². The molecule has 0 aromatic heterocycles. The van der Waals surface area contributed by atoms with E-state index in [-0.39, 0.29) is 18.9 Å². The molecule has 0 aromatic rings. The summed E-state index contributed by atoms with van der Waals surface area (Å²) < 4.78 is 34.3. The third-order valence-electron chi connectivity index (χ3n) is 15.8. The molecule has 0 bridgehead atoms. The smallest absolute Gasteiger partial charge is 0.220 e. The fourth-order valence-corrected chi connectivity index (χ4v) is 10.6. The van der Waals surface area contributed by atoms with Crippen molar-refractivity contribution >= 4 is 5.91 Å². The molecule has 3 fully saturated rings. The van der Waals surface area contributed by atoms with Gasteiger partial charge in [0.25, 0.3) is 0 Å². The lowest BCUT2D eigenvalue weighted by Gasteiger charge is -2.48. The van der Waals surface area contributed by atoms with Crippen molar-refractivity contribution in [3.8, 4) is 0 Å². The normalized spacial score (nSPS) is 29.9. The number of carbonyl (C=O) groups excluding carboxylic acids is 1. The van der Waals surface area contributed by atoms with Crippen LogP contribution in [0.4, 0.5) is 0 Å². The Morgan fingerprint density at radius 3 is 1.32 bits per heavy atom. The molecule has 0 radical (unpaired) electrons. The average Bonchev–Trinajstić information content (AvgIpc) is 3.39. The second kappa shape index (κ2) is 46.0. The van der Waals surface area contributed by atoms with Crippen molar-refractivity contribution in [2.75, 3.05) is 26.4 Å². The minimum absolute atomic E-state index is 0.230. The molecule has 3 aliphatic rings. The van der Waals surface area contributed by atoms with Gasteiger partial charge < -0.3 is 89.9 Å². The molecule has 19 heteroatoms. The zero-order chi connectivity index (χ0) is 59.7. The second-order valence-electron chi connectivity index (χ2n) is 22.9. The molecule has 17 unspecified atom stereocenters. The van der Waals surface area contributed by atoms with Gasteiger partial charge in [-0.25, -0.2) is 0 Å². The Morgan fingerprint density at radius 2 is 0.817 bits per heavy atom. The highest BCUT2D eigenvalue weighted by molar-refractivity contribution is 5.76. The number of carbonyl (C=O) groups is 1. The maximum Gasteiger partial charge on any atom is 0.220 e. The highest BCUT2D eigenvalue weighted by atomic mass is 16.8. The Bertz CT molecular complexity index is 1680. The van der Waals surface area contributed by atoms with Gasteiger partial charge in [-0.05, 0) is 64.2 Å². The summed E-state index contributed by atoms with van der Waals surface area (Å²) in [5, 5.41) is 120. The quantitative estimate of drug-likeness (QED) is 0.0224. The highest BCUT2D eigenvalue weighted by Crippen LogP contribution is 2.33. The molecule has 3 aliphatic heterocycles. The maximum absolute atomic E-state index is 13.4. The van der Waals surface area contributed by atoms with Crippen LogP contribution in [0, 0.1) is 0 Å². The molecule has 0 spiro atoms. The minimum Gasteiger partial charge on any atom is -0.394 e. The van der Waals surface area contributed by atoms with Gasteiger partial charge in [0.15, 0.2) is 18.9 Å². The van der Waals surface area contributed by atoms with Crippen LogP contribution < -0.4 is 5.32 Å². The van der Waals surface area contributed by atoms with Crippen LogP contribution in [-0.4, -0.2) is 193 Å². The van der Waals surface area contributed by atoms with Crippen molar-refractivity contribution in [3.05, 3.63) is 48.6 Å². The Balaban J connectivity index is 1.50. The molecular weight excluding hydrogens is 1060 g/mol. The van der Waals surface area contributed by atoms with Crippen molar-refractivity contribution in [3.63, 3.8) is 0 Å². The third-order valence-corrected chi connectivity index (χ3v) is 15.8. The van der Waals surface area contributed by atoms with E-state index in [0.717, 1.165) is 57.8 Å². The van der Waals surface area contributed by atoms with E-state index < -0.39 is 124 Å². The molecule has 0 aliphatic carbocycles. The van der Waals surface area contributed by atoms with E-state index in [2.05, 4.69) is 55.6 Å². The van der Waals surface area contributed by atoms with E-state index in [1.165, 1.54) is 122 Å². The van der Waals surface area contributed by atoms with Crippen LogP contribution in [-0.2, 0) is 33.2 Å².